The van der Waals surface area contributed by atoms with E-state index in [9.17, 15) is 18.0 Å². The Bertz CT molecular complexity index is 707. The van der Waals surface area contributed by atoms with Gasteiger partial charge in [-0.15, -0.1) is 0 Å². The van der Waals surface area contributed by atoms with Crippen molar-refractivity contribution in [3.05, 3.63) is 59.5 Å². The molecule has 0 radical (unpaired) electrons. The number of carbonyl (C=O) groups is 1. The maximum Gasteiger partial charge on any atom is 0.416 e. The Hall–Kier alpha value is -2.24. The van der Waals surface area contributed by atoms with Crippen LogP contribution in [-0.2, 0) is 11.0 Å². The minimum absolute atomic E-state index is 0.00830. The van der Waals surface area contributed by atoms with Gasteiger partial charge in [0.05, 0.1) is 17.9 Å². The number of hydrogen-bond acceptors (Lipinski definition) is 2. The molecule has 0 aliphatic heterocycles. The van der Waals surface area contributed by atoms with Gasteiger partial charge >= 0.3 is 6.18 Å². The number of rotatable bonds is 4. The third-order valence-corrected chi connectivity index (χ3v) is 4.66. The number of carbonyl (C=O) groups excluding carboxylic acids is 1. The van der Waals surface area contributed by atoms with E-state index in [4.69, 9.17) is 4.42 Å². The molecule has 6 heteroatoms. The number of benzene rings is 1. The largest absolute Gasteiger partial charge is 0.467 e. The van der Waals surface area contributed by atoms with Gasteiger partial charge in [-0.3, -0.25) is 4.79 Å². The molecule has 1 aliphatic rings. The van der Waals surface area contributed by atoms with Gasteiger partial charge in [0.25, 0.3) is 0 Å². The Morgan fingerprint density at radius 3 is 2.46 bits per heavy atom. The van der Waals surface area contributed by atoms with E-state index in [2.05, 4.69) is 0 Å². The number of hydrogen-bond donors (Lipinski definition) is 0. The zero-order valence-corrected chi connectivity index (χ0v) is 13.4. The minimum Gasteiger partial charge on any atom is -0.467 e. The maximum atomic E-state index is 12.6. The molecule has 1 fully saturated rings. The lowest BCUT2D eigenvalue weighted by molar-refractivity contribution is -0.137. The fourth-order valence-corrected chi connectivity index (χ4v) is 2.93. The zero-order valence-electron chi connectivity index (χ0n) is 13.4. The maximum absolute atomic E-state index is 12.6. The standard InChI is InChI=1S/C18H18F3NO2/c1-11(16-4-3-9-24-16)22(2)17(23)15-10-14(15)12-5-7-13(8-6-12)18(19,20)21/h3-9,11,14-15H,10H2,1-2H3. The van der Waals surface area contributed by atoms with Crippen LogP contribution in [0.15, 0.2) is 47.1 Å². The molecule has 0 saturated heterocycles. The molecule has 1 heterocycles. The molecule has 1 aromatic heterocycles. The lowest BCUT2D eigenvalue weighted by Crippen LogP contribution is -2.31. The first-order valence-corrected chi connectivity index (χ1v) is 7.76. The van der Waals surface area contributed by atoms with Gasteiger partial charge in [0.1, 0.15) is 5.76 Å². The van der Waals surface area contributed by atoms with Crippen LogP contribution in [0.5, 0.6) is 0 Å². The van der Waals surface area contributed by atoms with Crippen LogP contribution >= 0.6 is 0 Å². The van der Waals surface area contributed by atoms with Crippen molar-refractivity contribution in [3.63, 3.8) is 0 Å². The lowest BCUT2D eigenvalue weighted by Gasteiger charge is -2.23. The zero-order chi connectivity index (χ0) is 17.5. The van der Waals surface area contributed by atoms with Crippen molar-refractivity contribution < 1.29 is 22.4 Å². The summed E-state index contributed by atoms with van der Waals surface area (Å²) in [6.07, 6.45) is -2.11. The predicted molar refractivity (Wildman–Crippen MR) is 82.2 cm³/mol. The molecule has 1 aliphatic carbocycles. The van der Waals surface area contributed by atoms with Crippen molar-refractivity contribution in [1.29, 1.82) is 0 Å². The van der Waals surface area contributed by atoms with Gasteiger partial charge < -0.3 is 9.32 Å². The molecule has 3 rings (SSSR count). The van der Waals surface area contributed by atoms with E-state index in [1.54, 1.807) is 24.3 Å². The van der Waals surface area contributed by atoms with Gasteiger partial charge in [-0.05, 0) is 49.1 Å². The highest BCUT2D eigenvalue weighted by Crippen LogP contribution is 2.49. The smallest absolute Gasteiger partial charge is 0.416 e. The molecule has 3 unspecified atom stereocenters. The van der Waals surface area contributed by atoms with E-state index < -0.39 is 11.7 Å². The molecular formula is C18H18F3NO2. The summed E-state index contributed by atoms with van der Waals surface area (Å²) in [4.78, 5) is 14.2. The fourth-order valence-electron chi connectivity index (χ4n) is 2.93. The molecule has 0 N–H and O–H groups in total. The SMILES string of the molecule is CC(c1ccco1)N(C)C(=O)C1CC1c1ccc(C(F)(F)F)cc1. The van der Waals surface area contributed by atoms with Crippen LogP contribution in [0.2, 0.25) is 0 Å². The summed E-state index contributed by atoms with van der Waals surface area (Å²) in [6.45, 7) is 1.88. The first-order valence-electron chi connectivity index (χ1n) is 7.76. The molecule has 1 aromatic carbocycles. The van der Waals surface area contributed by atoms with Crippen LogP contribution in [0.1, 0.15) is 42.2 Å². The van der Waals surface area contributed by atoms with Crippen LogP contribution < -0.4 is 0 Å². The van der Waals surface area contributed by atoms with Crippen LogP contribution in [0, 0.1) is 5.92 Å². The summed E-state index contributed by atoms with van der Waals surface area (Å²) < 4.78 is 43.1. The molecule has 1 saturated carbocycles. The molecule has 1 amide bonds. The summed E-state index contributed by atoms with van der Waals surface area (Å²) in [6, 6.07) is 8.49. The first kappa shape index (κ1) is 16.6. The summed E-state index contributed by atoms with van der Waals surface area (Å²) in [5.74, 6) is 0.511. The van der Waals surface area contributed by atoms with Gasteiger partial charge in [0.15, 0.2) is 0 Å². The van der Waals surface area contributed by atoms with Gasteiger partial charge in [-0.1, -0.05) is 12.1 Å². The second-order valence-electron chi connectivity index (χ2n) is 6.21. The van der Waals surface area contributed by atoms with Crippen molar-refractivity contribution in [2.45, 2.75) is 31.5 Å². The second kappa shape index (κ2) is 6.00. The van der Waals surface area contributed by atoms with Crippen molar-refractivity contribution in [3.8, 4) is 0 Å². The molecule has 0 spiro atoms. The Labute approximate surface area is 138 Å². The molecule has 0 bridgehead atoms. The van der Waals surface area contributed by atoms with E-state index in [1.165, 1.54) is 12.1 Å². The normalized spacial score (nSPS) is 21.4. The van der Waals surface area contributed by atoms with Gasteiger partial charge in [0.2, 0.25) is 5.91 Å². The van der Waals surface area contributed by atoms with Crippen molar-refractivity contribution in [1.82, 2.24) is 4.90 Å². The molecule has 128 valence electrons. The first-order chi connectivity index (χ1) is 11.3. The van der Waals surface area contributed by atoms with E-state index in [0.717, 1.165) is 17.7 Å². The van der Waals surface area contributed by atoms with Crippen molar-refractivity contribution in [2.24, 2.45) is 5.92 Å². The van der Waals surface area contributed by atoms with Crippen LogP contribution in [0.4, 0.5) is 13.2 Å². The Morgan fingerprint density at radius 2 is 1.92 bits per heavy atom. The van der Waals surface area contributed by atoms with E-state index in [-0.39, 0.29) is 23.8 Å². The third-order valence-electron chi connectivity index (χ3n) is 4.66. The average molecular weight is 337 g/mol. The second-order valence-corrected chi connectivity index (χ2v) is 6.21. The summed E-state index contributed by atoms with van der Waals surface area (Å²) >= 11 is 0. The lowest BCUT2D eigenvalue weighted by atomic mass is 10.1. The van der Waals surface area contributed by atoms with Crippen LogP contribution in [0.25, 0.3) is 0 Å². The molecular weight excluding hydrogens is 319 g/mol. The monoisotopic (exact) mass is 337 g/mol. The highest BCUT2D eigenvalue weighted by Gasteiger charge is 2.46. The summed E-state index contributed by atoms with van der Waals surface area (Å²) in [7, 11) is 1.72. The Morgan fingerprint density at radius 1 is 1.25 bits per heavy atom. The third kappa shape index (κ3) is 3.18. The quantitative estimate of drug-likeness (QED) is 0.815. The summed E-state index contributed by atoms with van der Waals surface area (Å²) in [5, 5.41) is 0. The van der Waals surface area contributed by atoms with E-state index in [1.807, 2.05) is 13.0 Å². The molecule has 24 heavy (non-hydrogen) atoms. The van der Waals surface area contributed by atoms with Crippen molar-refractivity contribution >= 4 is 5.91 Å². The Balaban J connectivity index is 1.65. The van der Waals surface area contributed by atoms with E-state index >= 15 is 0 Å². The fraction of sp³-hybridized carbons (Fsp3) is 0.389. The number of alkyl halides is 3. The van der Waals surface area contributed by atoms with Gasteiger partial charge in [-0.2, -0.15) is 13.2 Å². The van der Waals surface area contributed by atoms with Crippen molar-refractivity contribution in [2.75, 3.05) is 7.05 Å². The minimum atomic E-state index is -4.34. The van der Waals surface area contributed by atoms with Gasteiger partial charge in [-0.25, -0.2) is 0 Å². The summed E-state index contributed by atoms with van der Waals surface area (Å²) in [5.41, 5.74) is 0.110. The predicted octanol–water partition coefficient (Wildman–Crippen LogP) is 4.62. The highest BCUT2D eigenvalue weighted by atomic mass is 19.4. The molecule has 3 nitrogen and oxygen atoms in total. The number of amides is 1. The number of furan rings is 1. The van der Waals surface area contributed by atoms with Crippen LogP contribution in [-0.4, -0.2) is 17.9 Å². The average Bonchev–Trinajstić information content (AvgIpc) is 3.16. The number of nitrogens with zero attached hydrogens (tertiary/aromatic N) is 1. The topological polar surface area (TPSA) is 33.5 Å². The van der Waals surface area contributed by atoms with Crippen LogP contribution in [0.3, 0.4) is 0 Å². The highest BCUT2D eigenvalue weighted by molar-refractivity contribution is 5.83. The molecule has 2 aromatic rings. The Kier molecular flexibility index (Phi) is 4.15. The van der Waals surface area contributed by atoms with Gasteiger partial charge in [0, 0.05) is 13.0 Å². The molecule has 3 atom stereocenters. The van der Waals surface area contributed by atoms with E-state index in [0.29, 0.717) is 12.2 Å². The number of halogens is 3.